The first-order chi connectivity index (χ1) is 9.86. The summed E-state index contributed by atoms with van der Waals surface area (Å²) in [5, 5.41) is 8.48. The molecule has 0 heterocycles. The molecule has 7 heteroatoms. The average Bonchev–Trinajstić information content (AvgIpc) is 2.44. The number of carboxylic acid groups (broad SMARTS) is 1. The standard InChI is InChI=1S/C14H19NO5S/c1-2-3-4-13(16)11-5-7-12(8-6-11)21(19,20)15-10-9-14(17)18/h5-8,15H,2-4,9-10H2,1H3,(H,17,18). The van der Waals surface area contributed by atoms with Crippen molar-refractivity contribution < 1.29 is 23.1 Å². The van der Waals surface area contributed by atoms with E-state index < -0.39 is 16.0 Å². The monoisotopic (exact) mass is 313 g/mol. The van der Waals surface area contributed by atoms with Gasteiger partial charge in [0, 0.05) is 18.5 Å². The Labute approximate surface area is 124 Å². The van der Waals surface area contributed by atoms with Gasteiger partial charge in [0.05, 0.1) is 11.3 Å². The second kappa shape index (κ2) is 7.90. The largest absolute Gasteiger partial charge is 0.481 e. The van der Waals surface area contributed by atoms with Gasteiger partial charge >= 0.3 is 5.97 Å². The number of carbonyl (C=O) groups excluding carboxylic acids is 1. The summed E-state index contributed by atoms with van der Waals surface area (Å²) in [5.74, 6) is -1.09. The Morgan fingerprint density at radius 3 is 2.29 bits per heavy atom. The van der Waals surface area contributed by atoms with Crippen LogP contribution in [0.2, 0.25) is 0 Å². The minimum Gasteiger partial charge on any atom is -0.481 e. The van der Waals surface area contributed by atoms with Gasteiger partial charge < -0.3 is 5.11 Å². The highest BCUT2D eigenvalue weighted by atomic mass is 32.2. The summed E-state index contributed by atoms with van der Waals surface area (Å²) in [6, 6.07) is 5.65. The SMILES string of the molecule is CCCCC(=O)c1ccc(S(=O)(=O)NCCC(=O)O)cc1. The minimum absolute atomic E-state index is 0.0138. The van der Waals surface area contributed by atoms with E-state index in [1.54, 1.807) is 0 Å². The van der Waals surface area contributed by atoms with Crippen molar-refractivity contribution in [3.63, 3.8) is 0 Å². The molecule has 6 nitrogen and oxygen atoms in total. The highest BCUT2D eigenvalue weighted by Gasteiger charge is 2.15. The highest BCUT2D eigenvalue weighted by molar-refractivity contribution is 7.89. The van der Waals surface area contributed by atoms with Gasteiger partial charge in [0.2, 0.25) is 10.0 Å². The number of hydrogen-bond acceptors (Lipinski definition) is 4. The predicted molar refractivity (Wildman–Crippen MR) is 77.7 cm³/mol. The van der Waals surface area contributed by atoms with E-state index in [1.807, 2.05) is 6.92 Å². The molecule has 1 aromatic carbocycles. The molecule has 0 aliphatic heterocycles. The van der Waals surface area contributed by atoms with Crippen LogP contribution in [-0.4, -0.2) is 31.8 Å². The summed E-state index contributed by atoms with van der Waals surface area (Å²) >= 11 is 0. The van der Waals surface area contributed by atoms with E-state index in [-0.39, 0.29) is 23.6 Å². The highest BCUT2D eigenvalue weighted by Crippen LogP contribution is 2.13. The smallest absolute Gasteiger partial charge is 0.304 e. The Hall–Kier alpha value is -1.73. The lowest BCUT2D eigenvalue weighted by Gasteiger charge is -2.06. The van der Waals surface area contributed by atoms with Crippen LogP contribution in [0.25, 0.3) is 0 Å². The molecule has 1 aromatic rings. The summed E-state index contributed by atoms with van der Waals surface area (Å²) < 4.78 is 26.0. The average molecular weight is 313 g/mol. The fourth-order valence-corrected chi connectivity index (χ4v) is 2.71. The molecule has 0 bridgehead atoms. The number of aliphatic carboxylic acids is 1. The summed E-state index contributed by atoms with van der Waals surface area (Å²) in [6.07, 6.45) is 1.88. The third-order valence-corrected chi connectivity index (χ3v) is 4.35. The van der Waals surface area contributed by atoms with Gasteiger partial charge in [-0.05, 0) is 18.6 Å². The number of carboxylic acids is 1. The lowest BCUT2D eigenvalue weighted by molar-refractivity contribution is -0.136. The molecule has 0 aliphatic rings. The van der Waals surface area contributed by atoms with E-state index >= 15 is 0 Å². The van der Waals surface area contributed by atoms with Gasteiger partial charge in [-0.15, -0.1) is 0 Å². The summed E-state index contributed by atoms with van der Waals surface area (Å²) in [6.45, 7) is 1.82. The van der Waals surface area contributed by atoms with Crippen molar-refractivity contribution >= 4 is 21.8 Å². The lowest BCUT2D eigenvalue weighted by atomic mass is 10.1. The van der Waals surface area contributed by atoms with Crippen molar-refractivity contribution in [3.05, 3.63) is 29.8 Å². The van der Waals surface area contributed by atoms with Crippen LogP contribution in [-0.2, 0) is 14.8 Å². The molecule has 116 valence electrons. The molecule has 0 aromatic heterocycles. The normalized spacial score (nSPS) is 11.3. The maximum atomic E-state index is 11.9. The van der Waals surface area contributed by atoms with Crippen LogP contribution >= 0.6 is 0 Å². The molecule has 0 radical (unpaired) electrons. The summed E-state index contributed by atoms with van der Waals surface area (Å²) in [7, 11) is -3.74. The zero-order valence-electron chi connectivity index (χ0n) is 11.8. The van der Waals surface area contributed by atoms with Crippen molar-refractivity contribution in [1.82, 2.24) is 4.72 Å². The van der Waals surface area contributed by atoms with Crippen LogP contribution in [0.5, 0.6) is 0 Å². The van der Waals surface area contributed by atoms with E-state index in [2.05, 4.69) is 4.72 Å². The Morgan fingerprint density at radius 2 is 1.76 bits per heavy atom. The van der Waals surface area contributed by atoms with Gasteiger partial charge in [-0.1, -0.05) is 25.5 Å². The minimum atomic E-state index is -3.74. The quantitative estimate of drug-likeness (QED) is 0.677. The van der Waals surface area contributed by atoms with Gasteiger partial charge in [-0.25, -0.2) is 13.1 Å². The number of benzene rings is 1. The summed E-state index contributed by atoms with van der Waals surface area (Å²) in [4.78, 5) is 22.2. The predicted octanol–water partition coefficient (Wildman–Crippen LogP) is 1.81. The number of unbranched alkanes of at least 4 members (excludes halogenated alkanes) is 1. The van der Waals surface area contributed by atoms with E-state index in [4.69, 9.17) is 5.11 Å². The van der Waals surface area contributed by atoms with Crippen molar-refractivity contribution in [2.45, 2.75) is 37.5 Å². The number of Topliss-reactive ketones (excluding diaryl/α,β-unsaturated/α-hetero) is 1. The van der Waals surface area contributed by atoms with Crippen molar-refractivity contribution in [3.8, 4) is 0 Å². The number of ketones is 1. The van der Waals surface area contributed by atoms with Crippen LogP contribution in [0.1, 0.15) is 43.0 Å². The lowest BCUT2D eigenvalue weighted by Crippen LogP contribution is -2.26. The summed E-state index contributed by atoms with van der Waals surface area (Å²) in [5.41, 5.74) is 0.480. The molecule has 2 N–H and O–H groups in total. The Bertz CT molecular complexity index is 592. The van der Waals surface area contributed by atoms with Gasteiger partial charge in [-0.3, -0.25) is 9.59 Å². The maximum Gasteiger partial charge on any atom is 0.304 e. The third-order valence-electron chi connectivity index (χ3n) is 2.87. The molecular formula is C14H19NO5S. The molecule has 21 heavy (non-hydrogen) atoms. The van der Waals surface area contributed by atoms with E-state index in [0.717, 1.165) is 12.8 Å². The number of rotatable bonds is 9. The zero-order chi connectivity index (χ0) is 15.9. The van der Waals surface area contributed by atoms with Gasteiger partial charge in [0.15, 0.2) is 5.78 Å². The number of nitrogens with one attached hydrogen (secondary N) is 1. The van der Waals surface area contributed by atoms with Gasteiger partial charge in [0.25, 0.3) is 0 Å². The fourth-order valence-electron chi connectivity index (χ4n) is 1.68. The Balaban J connectivity index is 2.72. The van der Waals surface area contributed by atoms with Crippen LogP contribution in [0.4, 0.5) is 0 Å². The maximum absolute atomic E-state index is 11.9. The van der Waals surface area contributed by atoms with Crippen LogP contribution in [0, 0.1) is 0 Å². The van der Waals surface area contributed by atoms with Crippen molar-refractivity contribution in [1.29, 1.82) is 0 Å². The van der Waals surface area contributed by atoms with Crippen LogP contribution in [0.15, 0.2) is 29.2 Å². The second-order valence-corrected chi connectivity index (χ2v) is 6.36. The number of carbonyl (C=O) groups is 2. The van der Waals surface area contributed by atoms with Crippen LogP contribution < -0.4 is 4.72 Å². The first kappa shape index (κ1) is 17.3. The van der Waals surface area contributed by atoms with Crippen molar-refractivity contribution in [2.75, 3.05) is 6.54 Å². The molecular weight excluding hydrogens is 294 g/mol. The Kier molecular flexibility index (Phi) is 6.51. The molecule has 1 rings (SSSR count). The molecule has 0 aliphatic carbocycles. The topological polar surface area (TPSA) is 101 Å². The third kappa shape index (κ3) is 5.65. The molecule has 0 amide bonds. The Morgan fingerprint density at radius 1 is 1.14 bits per heavy atom. The zero-order valence-corrected chi connectivity index (χ0v) is 12.6. The van der Waals surface area contributed by atoms with E-state index in [9.17, 15) is 18.0 Å². The van der Waals surface area contributed by atoms with Crippen LogP contribution in [0.3, 0.4) is 0 Å². The molecule has 0 saturated heterocycles. The first-order valence-corrected chi connectivity index (χ1v) is 8.20. The number of sulfonamides is 1. The van der Waals surface area contributed by atoms with Crippen molar-refractivity contribution in [2.24, 2.45) is 0 Å². The molecule has 0 saturated carbocycles. The molecule has 0 fully saturated rings. The molecule has 0 spiro atoms. The molecule has 0 unspecified atom stereocenters. The first-order valence-electron chi connectivity index (χ1n) is 6.71. The fraction of sp³-hybridized carbons (Fsp3) is 0.429. The second-order valence-electron chi connectivity index (χ2n) is 4.59. The van der Waals surface area contributed by atoms with Gasteiger partial charge in [-0.2, -0.15) is 0 Å². The molecule has 0 atom stereocenters. The number of hydrogen-bond donors (Lipinski definition) is 2. The van der Waals surface area contributed by atoms with E-state index in [1.165, 1.54) is 24.3 Å². The van der Waals surface area contributed by atoms with E-state index in [0.29, 0.717) is 12.0 Å². The van der Waals surface area contributed by atoms with Gasteiger partial charge in [0.1, 0.15) is 0 Å².